The molecule has 7 nitrogen and oxygen atoms in total. The minimum Gasteiger partial charge on any atom is -0.379 e. The van der Waals surface area contributed by atoms with Gasteiger partial charge in [0.2, 0.25) is 0 Å². The molecular weight excluding hydrogens is 344 g/mol. The van der Waals surface area contributed by atoms with Crippen LogP contribution in [0.5, 0.6) is 0 Å². The second-order valence-corrected chi connectivity index (χ2v) is 6.34. The molecule has 0 unspecified atom stereocenters. The zero-order valence-electron chi connectivity index (χ0n) is 15.4. The Labute approximate surface area is 158 Å². The summed E-state index contributed by atoms with van der Waals surface area (Å²) in [5.41, 5.74) is 1.45. The lowest BCUT2D eigenvalue weighted by atomic mass is 10.2. The Morgan fingerprint density at radius 3 is 2.67 bits per heavy atom. The van der Waals surface area contributed by atoms with Crippen molar-refractivity contribution in [3.8, 4) is 0 Å². The fraction of sp³-hybridized carbons (Fsp3) is 0.350. The third-order valence-corrected chi connectivity index (χ3v) is 4.50. The monoisotopic (exact) mass is 368 g/mol. The minimum absolute atomic E-state index is 0.189. The molecule has 0 saturated carbocycles. The van der Waals surface area contributed by atoms with Crippen molar-refractivity contribution in [2.75, 3.05) is 51.3 Å². The number of pyridine rings is 1. The first kappa shape index (κ1) is 19.0. The molecule has 2 amide bonds. The summed E-state index contributed by atoms with van der Waals surface area (Å²) in [6, 6.07) is 12.5. The van der Waals surface area contributed by atoms with Crippen LogP contribution >= 0.6 is 0 Å². The fourth-order valence-corrected chi connectivity index (χ4v) is 2.89. The smallest absolute Gasteiger partial charge is 0.269 e. The summed E-state index contributed by atoms with van der Waals surface area (Å²) in [6.45, 7) is 4.52. The van der Waals surface area contributed by atoms with Crippen molar-refractivity contribution in [1.29, 1.82) is 0 Å². The van der Waals surface area contributed by atoms with Gasteiger partial charge in [-0.05, 0) is 24.3 Å². The van der Waals surface area contributed by atoms with Crippen molar-refractivity contribution < 1.29 is 14.3 Å². The Balaban J connectivity index is 1.59. The van der Waals surface area contributed by atoms with Crippen molar-refractivity contribution in [3.63, 3.8) is 0 Å². The number of amides is 2. The van der Waals surface area contributed by atoms with Gasteiger partial charge in [0, 0.05) is 50.7 Å². The van der Waals surface area contributed by atoms with Crippen LogP contribution in [0.2, 0.25) is 0 Å². The van der Waals surface area contributed by atoms with Crippen molar-refractivity contribution in [2.24, 2.45) is 0 Å². The van der Waals surface area contributed by atoms with E-state index in [0.717, 1.165) is 38.5 Å². The summed E-state index contributed by atoms with van der Waals surface area (Å²) >= 11 is 0. The molecule has 1 aromatic carbocycles. The number of para-hydroxylation sites is 1. The molecule has 0 spiro atoms. The van der Waals surface area contributed by atoms with E-state index in [1.807, 2.05) is 30.3 Å². The minimum atomic E-state index is -0.278. The maximum absolute atomic E-state index is 12.7. The van der Waals surface area contributed by atoms with E-state index in [2.05, 4.69) is 15.2 Å². The lowest BCUT2D eigenvalue weighted by Gasteiger charge is -2.26. The Kier molecular flexibility index (Phi) is 6.51. The van der Waals surface area contributed by atoms with E-state index in [9.17, 15) is 9.59 Å². The third-order valence-electron chi connectivity index (χ3n) is 4.50. The Morgan fingerprint density at radius 1 is 1.19 bits per heavy atom. The number of aromatic nitrogens is 1. The van der Waals surface area contributed by atoms with Gasteiger partial charge in [0.1, 0.15) is 5.69 Å². The highest BCUT2D eigenvalue weighted by molar-refractivity contribution is 6.06. The third kappa shape index (κ3) is 5.12. The molecule has 0 atom stereocenters. The zero-order valence-corrected chi connectivity index (χ0v) is 15.4. The van der Waals surface area contributed by atoms with Gasteiger partial charge in [-0.3, -0.25) is 19.5 Å². The molecular formula is C20H24N4O3. The zero-order chi connectivity index (χ0) is 19.1. The predicted molar refractivity (Wildman–Crippen MR) is 103 cm³/mol. The summed E-state index contributed by atoms with van der Waals surface area (Å²) < 4.78 is 5.31. The maximum atomic E-state index is 12.7. The number of carbonyl (C=O) groups is 2. The van der Waals surface area contributed by atoms with Crippen LogP contribution in [-0.4, -0.2) is 68.1 Å². The summed E-state index contributed by atoms with van der Waals surface area (Å²) in [4.78, 5) is 32.9. The summed E-state index contributed by atoms with van der Waals surface area (Å²) in [5.74, 6) is -0.466. The normalized spacial score (nSPS) is 14.6. The standard InChI is InChI=1S/C20H24N4O3/c1-23(17-5-3-2-4-6-17)20(26)16-7-8-21-18(15-16)19(25)22-9-10-24-11-13-27-14-12-24/h2-8,15H,9-14H2,1H3,(H,22,25). The van der Waals surface area contributed by atoms with Gasteiger partial charge in [-0.15, -0.1) is 0 Å². The molecule has 3 rings (SSSR count). The first-order valence-electron chi connectivity index (χ1n) is 9.02. The van der Waals surface area contributed by atoms with Crippen molar-refractivity contribution in [1.82, 2.24) is 15.2 Å². The predicted octanol–water partition coefficient (Wildman–Crippen LogP) is 1.42. The largest absolute Gasteiger partial charge is 0.379 e. The van der Waals surface area contributed by atoms with Crippen LogP contribution in [0.25, 0.3) is 0 Å². The average molecular weight is 368 g/mol. The van der Waals surface area contributed by atoms with E-state index in [-0.39, 0.29) is 17.5 Å². The van der Waals surface area contributed by atoms with E-state index in [1.165, 1.54) is 12.3 Å². The van der Waals surface area contributed by atoms with Crippen LogP contribution < -0.4 is 10.2 Å². The van der Waals surface area contributed by atoms with Gasteiger partial charge >= 0.3 is 0 Å². The molecule has 0 aliphatic carbocycles. The molecule has 1 aliphatic rings. The van der Waals surface area contributed by atoms with Crippen LogP contribution in [0, 0.1) is 0 Å². The number of nitrogens with zero attached hydrogens (tertiary/aromatic N) is 3. The molecule has 7 heteroatoms. The van der Waals surface area contributed by atoms with Gasteiger partial charge < -0.3 is 15.0 Å². The maximum Gasteiger partial charge on any atom is 0.269 e. The van der Waals surface area contributed by atoms with Gasteiger partial charge in [-0.1, -0.05) is 18.2 Å². The highest BCUT2D eigenvalue weighted by Crippen LogP contribution is 2.15. The van der Waals surface area contributed by atoms with E-state index in [0.29, 0.717) is 12.1 Å². The summed E-state index contributed by atoms with van der Waals surface area (Å²) in [7, 11) is 1.71. The number of carbonyl (C=O) groups excluding carboxylic acids is 2. The molecule has 142 valence electrons. The van der Waals surface area contributed by atoms with Gasteiger partial charge in [-0.25, -0.2) is 0 Å². The van der Waals surface area contributed by atoms with Gasteiger partial charge in [0.15, 0.2) is 0 Å². The summed E-state index contributed by atoms with van der Waals surface area (Å²) in [5, 5.41) is 2.86. The van der Waals surface area contributed by atoms with Gasteiger partial charge in [0.25, 0.3) is 11.8 Å². The number of hydrogen-bond donors (Lipinski definition) is 1. The number of nitrogens with one attached hydrogen (secondary N) is 1. The van der Waals surface area contributed by atoms with Crippen LogP contribution in [0.3, 0.4) is 0 Å². The second-order valence-electron chi connectivity index (χ2n) is 6.34. The topological polar surface area (TPSA) is 74.8 Å². The lowest BCUT2D eigenvalue weighted by molar-refractivity contribution is 0.0383. The molecule has 1 fully saturated rings. The lowest BCUT2D eigenvalue weighted by Crippen LogP contribution is -2.41. The van der Waals surface area contributed by atoms with E-state index in [4.69, 9.17) is 4.74 Å². The quantitative estimate of drug-likeness (QED) is 0.835. The van der Waals surface area contributed by atoms with Crippen molar-refractivity contribution >= 4 is 17.5 Å². The van der Waals surface area contributed by atoms with E-state index < -0.39 is 0 Å². The molecule has 27 heavy (non-hydrogen) atoms. The molecule has 2 aromatic rings. The van der Waals surface area contributed by atoms with Crippen LogP contribution in [-0.2, 0) is 4.74 Å². The number of ether oxygens (including phenoxy) is 1. The van der Waals surface area contributed by atoms with Crippen LogP contribution in [0.1, 0.15) is 20.8 Å². The first-order valence-corrected chi connectivity index (χ1v) is 9.02. The molecule has 1 N–H and O–H groups in total. The molecule has 2 heterocycles. The highest BCUT2D eigenvalue weighted by atomic mass is 16.5. The SMILES string of the molecule is CN(C(=O)c1ccnc(C(=O)NCCN2CCOCC2)c1)c1ccccc1. The van der Waals surface area contributed by atoms with E-state index >= 15 is 0 Å². The molecule has 0 bridgehead atoms. The van der Waals surface area contributed by atoms with Crippen LogP contribution in [0.15, 0.2) is 48.7 Å². The second kappa shape index (κ2) is 9.25. The number of rotatable bonds is 6. The Bertz CT molecular complexity index is 776. The Hall–Kier alpha value is -2.77. The number of anilines is 1. The Morgan fingerprint density at radius 2 is 1.93 bits per heavy atom. The van der Waals surface area contributed by atoms with Gasteiger partial charge in [0.05, 0.1) is 13.2 Å². The van der Waals surface area contributed by atoms with Gasteiger partial charge in [-0.2, -0.15) is 0 Å². The van der Waals surface area contributed by atoms with Crippen molar-refractivity contribution in [2.45, 2.75) is 0 Å². The van der Waals surface area contributed by atoms with Crippen molar-refractivity contribution in [3.05, 3.63) is 59.9 Å². The van der Waals surface area contributed by atoms with E-state index in [1.54, 1.807) is 18.0 Å². The average Bonchev–Trinajstić information content (AvgIpc) is 2.74. The molecule has 1 aliphatic heterocycles. The summed E-state index contributed by atoms with van der Waals surface area (Å²) in [6.07, 6.45) is 1.49. The number of morpholine rings is 1. The molecule has 0 radical (unpaired) electrons. The van der Waals surface area contributed by atoms with Crippen LogP contribution in [0.4, 0.5) is 5.69 Å². The fourth-order valence-electron chi connectivity index (χ4n) is 2.89. The first-order chi connectivity index (χ1) is 13.1. The molecule has 1 saturated heterocycles. The number of hydrogen-bond acceptors (Lipinski definition) is 5. The molecule has 1 aromatic heterocycles. The number of benzene rings is 1. The highest BCUT2D eigenvalue weighted by Gasteiger charge is 2.16.